The number of benzene rings is 2. The fourth-order valence-electron chi connectivity index (χ4n) is 2.29. The minimum Gasteiger partial charge on any atom is -0.451 e. The third kappa shape index (κ3) is 4.31. The maximum atomic E-state index is 12.1. The van der Waals surface area contributed by atoms with Gasteiger partial charge in [0.05, 0.1) is 9.95 Å². The van der Waals surface area contributed by atoms with Crippen molar-refractivity contribution in [2.75, 3.05) is 5.32 Å². The second kappa shape index (κ2) is 7.71. The van der Waals surface area contributed by atoms with Crippen molar-refractivity contribution in [3.63, 3.8) is 0 Å². The molecule has 2 aromatic carbocycles. The Morgan fingerprint density at radius 3 is 2.56 bits per heavy atom. The molecular weight excluding hydrogens is 374 g/mol. The van der Waals surface area contributed by atoms with Gasteiger partial charge in [-0.1, -0.05) is 29.8 Å². The first kappa shape index (κ1) is 18.2. The number of rotatable bonds is 4. The Bertz CT molecular complexity index is 1030. The maximum absolute atomic E-state index is 12.1. The van der Waals surface area contributed by atoms with Crippen LogP contribution in [-0.2, 0) is 0 Å². The van der Waals surface area contributed by atoms with Crippen molar-refractivity contribution in [1.82, 2.24) is 5.32 Å². The highest BCUT2D eigenvalue weighted by molar-refractivity contribution is 6.33. The Morgan fingerprint density at radius 2 is 1.81 bits per heavy atom. The highest BCUT2D eigenvalue weighted by atomic mass is 35.5. The average molecular weight is 386 g/mol. The summed E-state index contributed by atoms with van der Waals surface area (Å²) in [6.45, 7) is 0. The molecule has 0 atom stereocenters. The predicted octanol–water partition coefficient (Wildman–Crippen LogP) is 4.47. The van der Waals surface area contributed by atoms with Gasteiger partial charge in [-0.2, -0.15) is 0 Å². The molecule has 1 aromatic heterocycles. The van der Waals surface area contributed by atoms with E-state index in [2.05, 4.69) is 10.6 Å². The zero-order chi connectivity index (χ0) is 19.4. The number of furan rings is 1. The quantitative estimate of drug-likeness (QED) is 0.508. The standard InChI is InChI=1S/C18H12ClN3O5/c19-14-7-2-1-6-13(14)15-8-9-16(27-15)17(23)21-18(24)20-11-4-3-5-12(10-11)22(25)26/h1-10H,(H2,20,21,23,24). The first-order valence-corrected chi connectivity index (χ1v) is 8.03. The summed E-state index contributed by atoms with van der Waals surface area (Å²) >= 11 is 6.08. The van der Waals surface area contributed by atoms with Crippen molar-refractivity contribution in [3.05, 3.63) is 81.6 Å². The van der Waals surface area contributed by atoms with Crippen LogP contribution in [0.15, 0.2) is 65.1 Å². The van der Waals surface area contributed by atoms with Crippen LogP contribution in [0.25, 0.3) is 11.3 Å². The molecular formula is C18H12ClN3O5. The molecule has 0 radical (unpaired) electrons. The van der Waals surface area contributed by atoms with Crippen LogP contribution < -0.4 is 10.6 Å². The number of urea groups is 1. The van der Waals surface area contributed by atoms with Gasteiger partial charge in [0, 0.05) is 23.4 Å². The van der Waals surface area contributed by atoms with E-state index in [0.29, 0.717) is 16.3 Å². The summed E-state index contributed by atoms with van der Waals surface area (Å²) in [4.78, 5) is 34.2. The van der Waals surface area contributed by atoms with Crippen LogP contribution in [0.5, 0.6) is 0 Å². The molecule has 0 aliphatic heterocycles. The number of hydrogen-bond donors (Lipinski definition) is 2. The van der Waals surface area contributed by atoms with Gasteiger partial charge in [0.15, 0.2) is 5.76 Å². The molecule has 0 saturated carbocycles. The number of nitrogens with zero attached hydrogens (tertiary/aromatic N) is 1. The SMILES string of the molecule is O=C(NC(=O)c1ccc(-c2ccccc2Cl)o1)Nc1cccc([N+](=O)[O-])c1. The highest BCUT2D eigenvalue weighted by Gasteiger charge is 2.17. The molecule has 3 aromatic rings. The first-order chi connectivity index (χ1) is 12.9. The van der Waals surface area contributed by atoms with E-state index in [1.54, 1.807) is 30.3 Å². The molecule has 0 spiro atoms. The van der Waals surface area contributed by atoms with Crippen molar-refractivity contribution in [2.24, 2.45) is 0 Å². The maximum Gasteiger partial charge on any atom is 0.326 e. The molecule has 9 heteroatoms. The molecule has 0 aliphatic rings. The van der Waals surface area contributed by atoms with Crippen LogP contribution in [0.4, 0.5) is 16.2 Å². The molecule has 27 heavy (non-hydrogen) atoms. The van der Waals surface area contributed by atoms with Gasteiger partial charge >= 0.3 is 6.03 Å². The van der Waals surface area contributed by atoms with Crippen molar-refractivity contribution in [3.8, 4) is 11.3 Å². The zero-order valence-electron chi connectivity index (χ0n) is 13.6. The Balaban J connectivity index is 1.67. The lowest BCUT2D eigenvalue weighted by molar-refractivity contribution is -0.384. The Morgan fingerprint density at radius 1 is 1.04 bits per heavy atom. The van der Waals surface area contributed by atoms with Crippen molar-refractivity contribution >= 4 is 34.9 Å². The van der Waals surface area contributed by atoms with Gasteiger partial charge in [-0.3, -0.25) is 20.2 Å². The number of anilines is 1. The molecule has 0 unspecified atom stereocenters. The molecule has 3 amide bonds. The summed E-state index contributed by atoms with van der Waals surface area (Å²) in [5.74, 6) is -0.472. The third-order valence-corrected chi connectivity index (χ3v) is 3.84. The second-order valence-electron chi connectivity index (χ2n) is 5.36. The number of nitro benzene ring substituents is 1. The summed E-state index contributed by atoms with van der Waals surface area (Å²) in [5, 5.41) is 15.6. The van der Waals surface area contributed by atoms with Crippen LogP contribution >= 0.6 is 11.6 Å². The van der Waals surface area contributed by atoms with Crippen LogP contribution in [-0.4, -0.2) is 16.9 Å². The number of imide groups is 1. The molecule has 1 heterocycles. The summed E-state index contributed by atoms with van der Waals surface area (Å²) in [5.41, 5.74) is 0.597. The molecule has 136 valence electrons. The zero-order valence-corrected chi connectivity index (χ0v) is 14.4. The number of amides is 3. The number of nitro groups is 1. The Labute approximate surface area is 157 Å². The van der Waals surface area contributed by atoms with E-state index in [1.165, 1.54) is 30.3 Å². The topological polar surface area (TPSA) is 114 Å². The summed E-state index contributed by atoms with van der Waals surface area (Å²) < 4.78 is 5.45. The van der Waals surface area contributed by atoms with E-state index < -0.39 is 16.9 Å². The smallest absolute Gasteiger partial charge is 0.326 e. The highest BCUT2D eigenvalue weighted by Crippen LogP contribution is 2.29. The summed E-state index contributed by atoms with van der Waals surface area (Å²) in [6.07, 6.45) is 0. The van der Waals surface area contributed by atoms with Gasteiger partial charge in [0.1, 0.15) is 5.76 Å². The number of halogens is 1. The molecule has 0 fully saturated rings. The molecule has 0 bridgehead atoms. The van der Waals surface area contributed by atoms with Gasteiger partial charge in [-0.25, -0.2) is 4.79 Å². The molecule has 0 saturated heterocycles. The van der Waals surface area contributed by atoms with E-state index in [-0.39, 0.29) is 17.1 Å². The van der Waals surface area contributed by atoms with Crippen LogP contribution in [0.3, 0.4) is 0 Å². The van der Waals surface area contributed by atoms with Gasteiger partial charge in [0.2, 0.25) is 0 Å². The lowest BCUT2D eigenvalue weighted by atomic mass is 10.2. The van der Waals surface area contributed by atoms with Crippen LogP contribution in [0.2, 0.25) is 5.02 Å². The van der Waals surface area contributed by atoms with E-state index in [0.717, 1.165) is 0 Å². The number of carbonyl (C=O) groups excluding carboxylic acids is 2. The van der Waals surface area contributed by atoms with Crippen LogP contribution in [0, 0.1) is 10.1 Å². The van der Waals surface area contributed by atoms with E-state index >= 15 is 0 Å². The molecule has 8 nitrogen and oxygen atoms in total. The number of carbonyl (C=O) groups is 2. The van der Waals surface area contributed by atoms with Crippen molar-refractivity contribution in [1.29, 1.82) is 0 Å². The molecule has 3 rings (SSSR count). The minimum absolute atomic E-state index is 0.0842. The van der Waals surface area contributed by atoms with Gasteiger partial charge in [0.25, 0.3) is 11.6 Å². The monoisotopic (exact) mass is 385 g/mol. The van der Waals surface area contributed by atoms with Gasteiger partial charge in [-0.15, -0.1) is 0 Å². The number of nitrogens with one attached hydrogen (secondary N) is 2. The Kier molecular flexibility index (Phi) is 5.18. The molecule has 0 aliphatic carbocycles. The first-order valence-electron chi connectivity index (χ1n) is 7.65. The minimum atomic E-state index is -0.851. The summed E-state index contributed by atoms with van der Waals surface area (Å²) in [7, 11) is 0. The van der Waals surface area contributed by atoms with E-state index in [4.69, 9.17) is 16.0 Å². The fourth-order valence-corrected chi connectivity index (χ4v) is 2.52. The average Bonchev–Trinajstić information content (AvgIpc) is 3.12. The van der Waals surface area contributed by atoms with Crippen molar-refractivity contribution < 1.29 is 18.9 Å². The van der Waals surface area contributed by atoms with E-state index in [1.807, 2.05) is 0 Å². The Hall–Kier alpha value is -3.65. The largest absolute Gasteiger partial charge is 0.451 e. The van der Waals surface area contributed by atoms with Gasteiger partial charge < -0.3 is 9.73 Å². The van der Waals surface area contributed by atoms with Crippen molar-refractivity contribution in [2.45, 2.75) is 0 Å². The summed E-state index contributed by atoms with van der Waals surface area (Å²) in [6, 6.07) is 14.4. The number of hydrogen-bond acceptors (Lipinski definition) is 5. The van der Waals surface area contributed by atoms with E-state index in [9.17, 15) is 19.7 Å². The number of non-ortho nitro benzene ring substituents is 1. The van der Waals surface area contributed by atoms with Crippen LogP contribution in [0.1, 0.15) is 10.6 Å². The van der Waals surface area contributed by atoms with Gasteiger partial charge in [-0.05, 0) is 30.3 Å². The lowest BCUT2D eigenvalue weighted by Gasteiger charge is -2.05. The predicted molar refractivity (Wildman–Crippen MR) is 98.7 cm³/mol. The third-order valence-electron chi connectivity index (χ3n) is 3.51. The fraction of sp³-hybridized carbons (Fsp3) is 0. The normalized spacial score (nSPS) is 10.3. The molecule has 2 N–H and O–H groups in total. The second-order valence-corrected chi connectivity index (χ2v) is 5.77. The lowest BCUT2D eigenvalue weighted by Crippen LogP contribution is -2.34.